The summed E-state index contributed by atoms with van der Waals surface area (Å²) in [7, 11) is 0.0712. The minimum absolute atomic E-state index is 0.00347. The van der Waals surface area contributed by atoms with Crippen molar-refractivity contribution >= 4 is 14.0 Å². The molecule has 2 unspecified atom stereocenters. The average molecular weight is 268 g/mol. The highest BCUT2D eigenvalue weighted by molar-refractivity contribution is 6.86. The zero-order chi connectivity index (χ0) is 13.4. The second-order valence-electron chi connectivity index (χ2n) is 6.20. The van der Waals surface area contributed by atoms with Gasteiger partial charge < -0.3 is 4.74 Å². The lowest BCUT2D eigenvalue weighted by Gasteiger charge is -2.37. The smallest absolute Gasteiger partial charge is 0.309 e. The number of hydrogen-bond acceptors (Lipinski definition) is 2. The van der Waals surface area contributed by atoms with Crippen molar-refractivity contribution in [1.82, 2.24) is 0 Å². The van der Waals surface area contributed by atoms with Gasteiger partial charge in [-0.2, -0.15) is 0 Å². The molecule has 0 amide bonds. The summed E-state index contributed by atoms with van der Waals surface area (Å²) in [5.74, 6) is 1.49. The highest BCUT2D eigenvalue weighted by atomic mass is 28.3. The molecule has 0 heterocycles. The van der Waals surface area contributed by atoms with Gasteiger partial charge in [0.2, 0.25) is 0 Å². The van der Waals surface area contributed by atoms with Gasteiger partial charge >= 0.3 is 5.97 Å². The Balaban J connectivity index is 2.41. The molecule has 2 aliphatic carbocycles. The highest BCUT2D eigenvalue weighted by Gasteiger charge is 2.77. The molecule has 2 nitrogen and oxygen atoms in total. The van der Waals surface area contributed by atoms with E-state index in [1.807, 2.05) is 0 Å². The van der Waals surface area contributed by atoms with Crippen molar-refractivity contribution in [2.24, 2.45) is 11.8 Å². The zero-order valence-corrected chi connectivity index (χ0v) is 13.4. The zero-order valence-electron chi connectivity index (χ0n) is 12.4. The van der Waals surface area contributed by atoms with E-state index in [4.69, 9.17) is 4.74 Å². The van der Waals surface area contributed by atoms with E-state index in [-0.39, 0.29) is 11.0 Å². The number of ether oxygens (including phenoxy) is 1. The van der Waals surface area contributed by atoms with Crippen LogP contribution in [0.1, 0.15) is 46.5 Å². The Morgan fingerprint density at radius 2 is 1.56 bits per heavy atom. The van der Waals surface area contributed by atoms with Crippen molar-refractivity contribution in [1.29, 1.82) is 0 Å². The molecule has 2 atom stereocenters. The molecule has 3 heteroatoms. The summed E-state index contributed by atoms with van der Waals surface area (Å²) in [6.07, 6.45) is 5.19. The van der Waals surface area contributed by atoms with Gasteiger partial charge in [-0.3, -0.25) is 4.79 Å². The van der Waals surface area contributed by atoms with Gasteiger partial charge in [0.05, 0.1) is 20.2 Å². The molecule has 2 aliphatic rings. The first kappa shape index (κ1) is 14.1. The molecule has 2 rings (SSSR count). The van der Waals surface area contributed by atoms with Crippen molar-refractivity contribution in [3.63, 3.8) is 0 Å². The monoisotopic (exact) mass is 268 g/mol. The van der Waals surface area contributed by atoms with E-state index in [1.54, 1.807) is 7.11 Å². The first-order valence-corrected chi connectivity index (χ1v) is 10.3. The molecule has 0 aromatic heterocycles. The lowest BCUT2D eigenvalue weighted by Crippen LogP contribution is -2.45. The van der Waals surface area contributed by atoms with Crippen LogP contribution >= 0.6 is 0 Å². The van der Waals surface area contributed by atoms with E-state index in [2.05, 4.69) is 20.8 Å². The number of methoxy groups -OCH3 is 1. The van der Waals surface area contributed by atoms with Gasteiger partial charge in [0.1, 0.15) is 0 Å². The SMILES string of the molecule is CC[Si](CC)(CC)C1(C(=O)OC)C2CCCCC21. The summed E-state index contributed by atoms with van der Waals surface area (Å²) in [5.41, 5.74) is 0. The highest BCUT2D eigenvalue weighted by Crippen LogP contribution is 2.77. The lowest BCUT2D eigenvalue weighted by atomic mass is 10.0. The average Bonchev–Trinajstić information content (AvgIpc) is 3.11. The van der Waals surface area contributed by atoms with E-state index in [1.165, 1.54) is 43.8 Å². The van der Waals surface area contributed by atoms with Gasteiger partial charge in [0, 0.05) is 0 Å². The maximum absolute atomic E-state index is 12.6. The molecule has 0 aliphatic heterocycles. The van der Waals surface area contributed by atoms with Crippen LogP contribution in [0.15, 0.2) is 0 Å². The maximum Gasteiger partial charge on any atom is 0.309 e. The van der Waals surface area contributed by atoms with Crippen molar-refractivity contribution in [3.05, 3.63) is 0 Å². The molecule has 0 spiro atoms. The summed E-state index contributed by atoms with van der Waals surface area (Å²) in [6, 6.07) is 3.71. The molecular formula is C15H28O2Si. The topological polar surface area (TPSA) is 26.3 Å². The predicted molar refractivity (Wildman–Crippen MR) is 77.4 cm³/mol. The van der Waals surface area contributed by atoms with Crippen molar-refractivity contribution in [3.8, 4) is 0 Å². The Morgan fingerprint density at radius 3 is 1.89 bits per heavy atom. The number of carbonyl (C=O) groups is 1. The molecule has 0 aromatic carbocycles. The van der Waals surface area contributed by atoms with Gasteiger partial charge in [-0.25, -0.2) is 0 Å². The largest absolute Gasteiger partial charge is 0.469 e. The van der Waals surface area contributed by atoms with Gasteiger partial charge in [-0.05, 0) is 24.7 Å². The fourth-order valence-corrected chi connectivity index (χ4v) is 11.2. The van der Waals surface area contributed by atoms with E-state index >= 15 is 0 Å². The van der Waals surface area contributed by atoms with Gasteiger partial charge in [-0.1, -0.05) is 51.7 Å². The van der Waals surface area contributed by atoms with Crippen molar-refractivity contribution < 1.29 is 9.53 Å². The molecule has 18 heavy (non-hydrogen) atoms. The van der Waals surface area contributed by atoms with Crippen molar-refractivity contribution in [2.75, 3.05) is 7.11 Å². The van der Waals surface area contributed by atoms with Crippen LogP contribution in [-0.4, -0.2) is 21.2 Å². The Kier molecular flexibility index (Phi) is 3.91. The summed E-state index contributed by atoms with van der Waals surface area (Å²) in [6.45, 7) is 6.94. The fourth-order valence-electron chi connectivity index (χ4n) is 5.23. The Hall–Kier alpha value is -0.313. The number of hydrogen-bond donors (Lipinski definition) is 0. The van der Waals surface area contributed by atoms with Crippen LogP contribution in [0.4, 0.5) is 0 Å². The van der Waals surface area contributed by atoms with E-state index in [0.29, 0.717) is 11.8 Å². The van der Waals surface area contributed by atoms with E-state index in [0.717, 1.165) is 0 Å². The van der Waals surface area contributed by atoms with E-state index < -0.39 is 8.07 Å². The van der Waals surface area contributed by atoms with Crippen LogP contribution in [0.25, 0.3) is 0 Å². The summed E-state index contributed by atoms with van der Waals surface area (Å²) in [5, 5.41) is -0.00347. The number of fused-ring (bicyclic) bond motifs is 1. The minimum atomic E-state index is -1.52. The lowest BCUT2D eigenvalue weighted by molar-refractivity contribution is -0.142. The van der Waals surface area contributed by atoms with Crippen LogP contribution in [0, 0.1) is 11.8 Å². The quantitative estimate of drug-likeness (QED) is 0.551. The van der Waals surface area contributed by atoms with E-state index in [9.17, 15) is 4.79 Å². The predicted octanol–water partition coefficient (Wildman–Crippen LogP) is 4.23. The molecule has 0 N–H and O–H groups in total. The third-order valence-corrected chi connectivity index (χ3v) is 13.0. The van der Waals surface area contributed by atoms with Crippen LogP contribution in [0.2, 0.25) is 23.2 Å². The number of esters is 1. The van der Waals surface area contributed by atoms with Crippen LogP contribution < -0.4 is 0 Å². The van der Waals surface area contributed by atoms with Crippen LogP contribution in [-0.2, 0) is 9.53 Å². The summed E-state index contributed by atoms with van der Waals surface area (Å²) < 4.78 is 5.28. The second-order valence-corrected chi connectivity index (χ2v) is 11.7. The summed E-state index contributed by atoms with van der Waals surface area (Å²) in [4.78, 5) is 12.6. The standard InChI is InChI=1S/C15H28O2Si/c1-5-18(6-2,7-3)15(14(16)17-4)12-10-8-9-11-13(12)15/h12-13H,5-11H2,1-4H3. The van der Waals surface area contributed by atoms with Gasteiger partial charge in [0.25, 0.3) is 0 Å². The third-order valence-electron chi connectivity index (χ3n) is 6.26. The first-order valence-electron chi connectivity index (χ1n) is 7.73. The van der Waals surface area contributed by atoms with Crippen LogP contribution in [0.5, 0.6) is 0 Å². The molecule has 2 saturated carbocycles. The Labute approximate surface area is 112 Å². The molecular weight excluding hydrogens is 240 g/mol. The van der Waals surface area contributed by atoms with Gasteiger partial charge in [-0.15, -0.1) is 0 Å². The molecule has 0 aromatic rings. The van der Waals surface area contributed by atoms with Crippen molar-refractivity contribution in [2.45, 2.75) is 69.6 Å². The molecule has 2 fully saturated rings. The fraction of sp³-hybridized carbons (Fsp3) is 0.933. The number of rotatable bonds is 5. The van der Waals surface area contributed by atoms with Gasteiger partial charge in [0.15, 0.2) is 0 Å². The second kappa shape index (κ2) is 4.99. The first-order chi connectivity index (χ1) is 8.64. The molecule has 0 bridgehead atoms. The molecule has 0 radical (unpaired) electrons. The Morgan fingerprint density at radius 1 is 1.11 bits per heavy atom. The summed E-state index contributed by atoms with van der Waals surface area (Å²) >= 11 is 0. The Bertz CT molecular complexity index is 302. The normalized spacial score (nSPS) is 34.9. The minimum Gasteiger partial charge on any atom is -0.469 e. The van der Waals surface area contributed by atoms with Crippen LogP contribution in [0.3, 0.4) is 0 Å². The maximum atomic E-state index is 12.6. The number of carbonyl (C=O) groups excluding carboxylic acids is 1. The molecule has 104 valence electrons. The molecule has 0 saturated heterocycles. The third kappa shape index (κ3) is 1.55.